The molecule has 1 rings (SSSR count). The Kier molecular flexibility index (Phi) is 4.07. The van der Waals surface area contributed by atoms with Crippen molar-refractivity contribution < 1.29 is 9.66 Å². The lowest BCUT2D eigenvalue weighted by atomic mass is 9.96. The minimum atomic E-state index is -0.431. The molecule has 1 aromatic carbocycles. The smallest absolute Gasteiger partial charge is 0.273 e. The van der Waals surface area contributed by atoms with Crippen molar-refractivity contribution in [3.63, 3.8) is 0 Å². The number of hydrogen-bond acceptors (Lipinski definition) is 4. The number of aryl methyl sites for hydroxylation is 1. The number of nitro benzene ring substituents is 1. The van der Waals surface area contributed by atoms with E-state index in [-0.39, 0.29) is 11.2 Å². The fraction of sp³-hybridized carbons (Fsp3) is 0.500. The molecule has 0 bridgehead atoms. The van der Waals surface area contributed by atoms with Gasteiger partial charge in [-0.25, -0.2) is 0 Å². The summed E-state index contributed by atoms with van der Waals surface area (Å²) in [5.74, 6) is 0.545. The number of hydrogen-bond donors (Lipinski definition) is 1. The molecule has 0 aliphatic rings. The number of nitrogens with zero attached hydrogens (tertiary/aromatic N) is 1. The Morgan fingerprint density at radius 3 is 2.59 bits per heavy atom. The summed E-state index contributed by atoms with van der Waals surface area (Å²) in [6.07, 6.45) is 1.53. The maximum Gasteiger partial charge on any atom is 0.273 e. The van der Waals surface area contributed by atoms with E-state index in [0.29, 0.717) is 5.75 Å². The number of nitro groups is 1. The summed E-state index contributed by atoms with van der Waals surface area (Å²) in [5.41, 5.74) is 6.63. The van der Waals surface area contributed by atoms with Crippen molar-refractivity contribution in [1.29, 1.82) is 0 Å². The van der Waals surface area contributed by atoms with Gasteiger partial charge in [0.25, 0.3) is 5.69 Å². The van der Waals surface area contributed by atoms with Gasteiger partial charge in [-0.15, -0.1) is 0 Å². The lowest BCUT2D eigenvalue weighted by Crippen LogP contribution is -2.32. The zero-order valence-corrected chi connectivity index (χ0v) is 10.4. The number of non-ortho nitro benzene ring substituents is 1. The van der Waals surface area contributed by atoms with E-state index in [1.807, 2.05) is 13.8 Å². The molecule has 17 heavy (non-hydrogen) atoms. The van der Waals surface area contributed by atoms with Crippen LogP contribution in [0.25, 0.3) is 0 Å². The van der Waals surface area contributed by atoms with Crippen molar-refractivity contribution in [2.24, 2.45) is 5.73 Å². The van der Waals surface area contributed by atoms with Crippen LogP contribution in [-0.2, 0) is 6.42 Å². The second-order valence-electron chi connectivity index (χ2n) is 4.74. The molecule has 0 aromatic heterocycles. The molecule has 1 aromatic rings. The van der Waals surface area contributed by atoms with E-state index in [9.17, 15) is 10.1 Å². The van der Waals surface area contributed by atoms with Crippen molar-refractivity contribution >= 4 is 5.69 Å². The van der Waals surface area contributed by atoms with Crippen molar-refractivity contribution in [2.75, 3.05) is 7.11 Å². The van der Waals surface area contributed by atoms with Gasteiger partial charge in [0.1, 0.15) is 5.75 Å². The first-order valence-electron chi connectivity index (χ1n) is 5.43. The third-order valence-electron chi connectivity index (χ3n) is 2.52. The Balaban J connectivity index is 2.89. The van der Waals surface area contributed by atoms with Crippen LogP contribution in [0.1, 0.15) is 25.8 Å². The van der Waals surface area contributed by atoms with Gasteiger partial charge in [-0.2, -0.15) is 0 Å². The number of nitrogens with two attached hydrogens (primary N) is 1. The fourth-order valence-corrected chi connectivity index (χ4v) is 1.51. The Labute approximate surface area is 101 Å². The van der Waals surface area contributed by atoms with Crippen molar-refractivity contribution in [2.45, 2.75) is 32.2 Å². The second kappa shape index (κ2) is 5.14. The van der Waals surface area contributed by atoms with Gasteiger partial charge in [-0.05, 0) is 38.3 Å². The molecule has 0 saturated heterocycles. The number of benzene rings is 1. The molecule has 0 saturated carbocycles. The van der Waals surface area contributed by atoms with Gasteiger partial charge in [-0.1, -0.05) is 0 Å². The molecular formula is C12H18N2O3. The highest BCUT2D eigenvalue weighted by atomic mass is 16.6. The molecule has 2 N–H and O–H groups in total. The summed E-state index contributed by atoms with van der Waals surface area (Å²) in [6, 6.07) is 4.66. The predicted molar refractivity (Wildman–Crippen MR) is 66.2 cm³/mol. The van der Waals surface area contributed by atoms with Crippen LogP contribution < -0.4 is 10.5 Å². The highest BCUT2D eigenvalue weighted by Crippen LogP contribution is 2.26. The Morgan fingerprint density at radius 2 is 2.12 bits per heavy atom. The summed E-state index contributed by atoms with van der Waals surface area (Å²) in [4.78, 5) is 10.2. The predicted octanol–water partition coefficient (Wildman–Crippen LogP) is 2.27. The molecule has 5 nitrogen and oxygen atoms in total. The first-order chi connectivity index (χ1) is 7.83. The average molecular weight is 238 g/mol. The minimum absolute atomic E-state index is 0.0395. The average Bonchev–Trinajstić information content (AvgIpc) is 2.24. The van der Waals surface area contributed by atoms with E-state index in [1.54, 1.807) is 6.07 Å². The molecule has 0 fully saturated rings. The standard InChI is InChI=1S/C12H18N2O3/c1-12(2,13)7-6-9-4-5-10(14(15)16)8-11(9)17-3/h4-5,8H,6-7,13H2,1-3H3. The van der Waals surface area contributed by atoms with Crippen LogP contribution >= 0.6 is 0 Å². The summed E-state index contributed by atoms with van der Waals surface area (Å²) < 4.78 is 5.16. The SMILES string of the molecule is COc1cc([N+](=O)[O-])ccc1CCC(C)(C)N. The summed E-state index contributed by atoms with van der Waals surface area (Å²) in [7, 11) is 1.51. The Hall–Kier alpha value is -1.62. The zero-order chi connectivity index (χ0) is 13.1. The molecule has 0 unspecified atom stereocenters. The van der Waals surface area contributed by atoms with Gasteiger partial charge in [0, 0.05) is 11.6 Å². The molecule has 94 valence electrons. The zero-order valence-electron chi connectivity index (χ0n) is 10.4. The number of ether oxygens (including phenoxy) is 1. The van der Waals surface area contributed by atoms with E-state index < -0.39 is 4.92 Å². The lowest BCUT2D eigenvalue weighted by Gasteiger charge is -2.18. The van der Waals surface area contributed by atoms with Crippen LogP contribution in [0.15, 0.2) is 18.2 Å². The van der Waals surface area contributed by atoms with Crippen LogP contribution in [0.5, 0.6) is 5.75 Å². The Morgan fingerprint density at radius 1 is 1.47 bits per heavy atom. The Bertz CT molecular complexity index is 411. The van der Waals surface area contributed by atoms with Crippen LogP contribution in [-0.4, -0.2) is 17.6 Å². The van der Waals surface area contributed by atoms with Crippen LogP contribution in [0.2, 0.25) is 0 Å². The third kappa shape index (κ3) is 4.03. The van der Waals surface area contributed by atoms with Crippen molar-refractivity contribution in [3.05, 3.63) is 33.9 Å². The monoisotopic (exact) mass is 238 g/mol. The van der Waals surface area contributed by atoms with Crippen LogP contribution in [0.4, 0.5) is 5.69 Å². The second-order valence-corrected chi connectivity index (χ2v) is 4.74. The molecule has 0 spiro atoms. The topological polar surface area (TPSA) is 78.4 Å². The highest BCUT2D eigenvalue weighted by molar-refractivity contribution is 5.44. The first-order valence-corrected chi connectivity index (χ1v) is 5.43. The quantitative estimate of drug-likeness (QED) is 0.630. The number of methoxy groups -OCH3 is 1. The van der Waals surface area contributed by atoms with Gasteiger partial charge in [0.2, 0.25) is 0 Å². The molecule has 0 amide bonds. The minimum Gasteiger partial charge on any atom is -0.496 e. The molecule has 0 radical (unpaired) electrons. The first kappa shape index (κ1) is 13.4. The van der Waals surface area contributed by atoms with E-state index in [2.05, 4.69) is 0 Å². The molecule has 5 heteroatoms. The molecule has 0 heterocycles. The van der Waals surface area contributed by atoms with Crippen molar-refractivity contribution in [3.8, 4) is 5.75 Å². The van der Waals surface area contributed by atoms with Gasteiger partial charge in [0.15, 0.2) is 0 Å². The maximum absolute atomic E-state index is 10.6. The van der Waals surface area contributed by atoms with E-state index in [1.165, 1.54) is 19.2 Å². The fourth-order valence-electron chi connectivity index (χ4n) is 1.51. The van der Waals surface area contributed by atoms with Crippen LogP contribution in [0.3, 0.4) is 0 Å². The van der Waals surface area contributed by atoms with Gasteiger partial charge in [0.05, 0.1) is 18.1 Å². The van der Waals surface area contributed by atoms with E-state index in [0.717, 1.165) is 18.4 Å². The van der Waals surface area contributed by atoms with Gasteiger partial charge in [-0.3, -0.25) is 10.1 Å². The molecular weight excluding hydrogens is 220 g/mol. The highest BCUT2D eigenvalue weighted by Gasteiger charge is 2.15. The summed E-state index contributed by atoms with van der Waals surface area (Å²) >= 11 is 0. The summed E-state index contributed by atoms with van der Waals surface area (Å²) in [6.45, 7) is 3.90. The maximum atomic E-state index is 10.6. The van der Waals surface area contributed by atoms with E-state index >= 15 is 0 Å². The largest absolute Gasteiger partial charge is 0.496 e. The lowest BCUT2D eigenvalue weighted by molar-refractivity contribution is -0.384. The summed E-state index contributed by atoms with van der Waals surface area (Å²) in [5, 5.41) is 10.6. The van der Waals surface area contributed by atoms with Crippen LogP contribution in [0, 0.1) is 10.1 Å². The normalized spacial score (nSPS) is 11.3. The van der Waals surface area contributed by atoms with Gasteiger partial charge >= 0.3 is 0 Å². The molecule has 0 aliphatic carbocycles. The van der Waals surface area contributed by atoms with E-state index in [4.69, 9.17) is 10.5 Å². The number of rotatable bonds is 5. The molecule has 0 atom stereocenters. The van der Waals surface area contributed by atoms with Gasteiger partial charge < -0.3 is 10.5 Å². The molecule has 0 aliphatic heterocycles. The third-order valence-corrected chi connectivity index (χ3v) is 2.52. The van der Waals surface area contributed by atoms with Crippen molar-refractivity contribution in [1.82, 2.24) is 0 Å².